The quantitative estimate of drug-likeness (QED) is 0.245. The van der Waals surface area contributed by atoms with Crippen molar-refractivity contribution in [3.05, 3.63) is 81.6 Å². The predicted octanol–water partition coefficient (Wildman–Crippen LogP) is 4.10. The van der Waals surface area contributed by atoms with Gasteiger partial charge in [0.1, 0.15) is 34.7 Å². The van der Waals surface area contributed by atoms with Crippen LogP contribution in [-0.2, 0) is 11.3 Å². The minimum Gasteiger partial charge on any atom is -0.497 e. The third-order valence-corrected chi connectivity index (χ3v) is 4.55. The van der Waals surface area contributed by atoms with Gasteiger partial charge < -0.3 is 19.2 Å². The number of non-ortho nitro benzene ring substituents is 1. The fraction of sp³-hybridized carbons (Fsp3) is 0.130. The summed E-state index contributed by atoms with van der Waals surface area (Å²) in [5.74, 6) is 1.07. The molecule has 32 heavy (non-hydrogen) atoms. The first kappa shape index (κ1) is 22.1. The van der Waals surface area contributed by atoms with Crippen molar-refractivity contribution in [1.29, 1.82) is 5.26 Å². The Balaban J connectivity index is 1.77. The van der Waals surface area contributed by atoms with Crippen LogP contribution in [0.1, 0.15) is 11.3 Å². The Hall–Kier alpha value is -4.58. The lowest BCUT2D eigenvalue weighted by molar-refractivity contribution is -0.384. The van der Waals surface area contributed by atoms with Gasteiger partial charge in [-0.15, -0.1) is 0 Å². The lowest BCUT2D eigenvalue weighted by atomic mass is 10.1. The van der Waals surface area contributed by atoms with Gasteiger partial charge in [0.15, 0.2) is 0 Å². The zero-order valence-corrected chi connectivity index (χ0v) is 17.3. The zero-order chi connectivity index (χ0) is 23.1. The average molecular weight is 433 g/mol. The third-order valence-electron chi connectivity index (χ3n) is 4.55. The number of methoxy groups -OCH3 is 2. The highest BCUT2D eigenvalue weighted by atomic mass is 16.6. The Morgan fingerprint density at radius 2 is 1.91 bits per heavy atom. The highest BCUT2D eigenvalue weighted by Crippen LogP contribution is 2.34. The Labute approximate surface area is 183 Å². The Morgan fingerprint density at radius 1 is 1.16 bits per heavy atom. The van der Waals surface area contributed by atoms with Crippen LogP contribution in [-0.4, -0.2) is 25.1 Å². The van der Waals surface area contributed by atoms with Crippen molar-refractivity contribution in [2.24, 2.45) is 0 Å². The summed E-state index contributed by atoms with van der Waals surface area (Å²) >= 11 is 0. The first-order chi connectivity index (χ1) is 15.4. The van der Waals surface area contributed by atoms with Crippen LogP contribution >= 0.6 is 0 Å². The van der Waals surface area contributed by atoms with E-state index in [0.29, 0.717) is 22.8 Å². The van der Waals surface area contributed by atoms with Crippen LogP contribution in [0.15, 0.2) is 64.6 Å². The Morgan fingerprint density at radius 3 is 2.53 bits per heavy atom. The molecule has 0 aliphatic rings. The standard InChI is InChI=1S/C23H19N3O6/c1-30-18-6-3-15(4-7-18)14-25-23(27)16(13-24)11-19-8-10-22(32-19)20-12-17(26(28)29)5-9-21(20)31-2/h3-12H,14H2,1-2H3,(H,25,27)/b16-11-. The maximum Gasteiger partial charge on any atom is 0.270 e. The van der Waals surface area contributed by atoms with Gasteiger partial charge in [-0.1, -0.05) is 12.1 Å². The van der Waals surface area contributed by atoms with E-state index < -0.39 is 10.8 Å². The third kappa shape index (κ3) is 5.12. The average Bonchev–Trinajstić information content (AvgIpc) is 3.29. The van der Waals surface area contributed by atoms with E-state index in [-0.39, 0.29) is 23.6 Å². The van der Waals surface area contributed by atoms with Gasteiger partial charge in [-0.3, -0.25) is 14.9 Å². The van der Waals surface area contributed by atoms with Gasteiger partial charge in [0, 0.05) is 24.8 Å². The number of carbonyl (C=O) groups is 1. The molecule has 0 atom stereocenters. The van der Waals surface area contributed by atoms with Gasteiger partial charge in [0.25, 0.3) is 11.6 Å². The van der Waals surface area contributed by atoms with E-state index in [1.54, 1.807) is 43.5 Å². The maximum atomic E-state index is 12.4. The summed E-state index contributed by atoms with van der Waals surface area (Å²) in [6.07, 6.45) is 1.30. The van der Waals surface area contributed by atoms with Gasteiger partial charge in [0.2, 0.25) is 0 Å². The highest BCUT2D eigenvalue weighted by molar-refractivity contribution is 6.01. The topological polar surface area (TPSA) is 128 Å². The van der Waals surface area contributed by atoms with Crippen molar-refractivity contribution < 1.29 is 23.6 Å². The van der Waals surface area contributed by atoms with E-state index in [2.05, 4.69) is 5.32 Å². The number of furan rings is 1. The van der Waals surface area contributed by atoms with E-state index in [1.807, 2.05) is 6.07 Å². The van der Waals surface area contributed by atoms with Gasteiger partial charge in [-0.2, -0.15) is 5.26 Å². The molecule has 162 valence electrons. The van der Waals surface area contributed by atoms with Crippen LogP contribution in [0.3, 0.4) is 0 Å². The molecule has 1 heterocycles. The summed E-state index contributed by atoms with van der Waals surface area (Å²) in [6.45, 7) is 0.232. The number of ether oxygens (including phenoxy) is 2. The highest BCUT2D eigenvalue weighted by Gasteiger charge is 2.16. The number of hydrogen-bond donors (Lipinski definition) is 1. The fourth-order valence-electron chi connectivity index (χ4n) is 2.89. The Bertz CT molecular complexity index is 1210. The van der Waals surface area contributed by atoms with Crippen molar-refractivity contribution in [3.8, 4) is 28.9 Å². The smallest absolute Gasteiger partial charge is 0.270 e. The molecule has 1 N–H and O–H groups in total. The number of amides is 1. The molecule has 0 radical (unpaired) electrons. The normalized spacial score (nSPS) is 10.8. The van der Waals surface area contributed by atoms with Gasteiger partial charge in [-0.05, 0) is 35.9 Å². The molecule has 3 rings (SSSR count). The van der Waals surface area contributed by atoms with Crippen LogP contribution in [0.25, 0.3) is 17.4 Å². The summed E-state index contributed by atoms with van der Waals surface area (Å²) in [5.41, 5.74) is 0.952. The second-order valence-electron chi connectivity index (χ2n) is 6.54. The molecule has 0 saturated carbocycles. The zero-order valence-electron chi connectivity index (χ0n) is 17.3. The monoisotopic (exact) mass is 433 g/mol. The lowest BCUT2D eigenvalue weighted by Crippen LogP contribution is -2.23. The number of nitro groups is 1. The summed E-state index contributed by atoms with van der Waals surface area (Å²) < 4.78 is 16.0. The molecule has 1 aromatic heterocycles. The first-order valence-electron chi connectivity index (χ1n) is 9.40. The minimum atomic E-state index is -0.561. The van der Waals surface area contributed by atoms with E-state index in [4.69, 9.17) is 13.9 Å². The van der Waals surface area contributed by atoms with Crippen LogP contribution in [0.2, 0.25) is 0 Å². The molecule has 2 aromatic carbocycles. The minimum absolute atomic E-state index is 0.120. The molecule has 0 saturated heterocycles. The maximum absolute atomic E-state index is 12.4. The number of nitrogens with one attached hydrogen (secondary N) is 1. The van der Waals surface area contributed by atoms with E-state index in [9.17, 15) is 20.2 Å². The van der Waals surface area contributed by atoms with Crippen LogP contribution in [0.4, 0.5) is 5.69 Å². The molecule has 9 heteroatoms. The summed E-state index contributed by atoms with van der Waals surface area (Å²) in [4.78, 5) is 23.0. The van der Waals surface area contributed by atoms with Gasteiger partial charge >= 0.3 is 0 Å². The largest absolute Gasteiger partial charge is 0.497 e. The number of hydrogen-bond acceptors (Lipinski definition) is 7. The fourth-order valence-corrected chi connectivity index (χ4v) is 2.89. The number of nitro benzene ring substituents is 1. The molecule has 9 nitrogen and oxygen atoms in total. The molecule has 1 amide bonds. The molecule has 0 aliphatic carbocycles. The van der Waals surface area contributed by atoms with Gasteiger partial charge in [0.05, 0.1) is 24.7 Å². The van der Waals surface area contributed by atoms with Crippen molar-refractivity contribution in [2.75, 3.05) is 14.2 Å². The van der Waals surface area contributed by atoms with Crippen molar-refractivity contribution in [2.45, 2.75) is 6.54 Å². The van der Waals surface area contributed by atoms with E-state index >= 15 is 0 Å². The molecule has 0 aliphatic heterocycles. The summed E-state index contributed by atoms with van der Waals surface area (Å²) in [5, 5.41) is 23.2. The number of rotatable bonds is 8. The molecular weight excluding hydrogens is 414 g/mol. The summed E-state index contributed by atoms with van der Waals surface area (Å²) in [7, 11) is 3.01. The van der Waals surface area contributed by atoms with Crippen LogP contribution < -0.4 is 14.8 Å². The molecule has 0 spiro atoms. The van der Waals surface area contributed by atoms with E-state index in [0.717, 1.165) is 5.56 Å². The van der Waals surface area contributed by atoms with Crippen molar-refractivity contribution in [3.63, 3.8) is 0 Å². The lowest BCUT2D eigenvalue weighted by Gasteiger charge is -2.06. The predicted molar refractivity (Wildman–Crippen MR) is 116 cm³/mol. The molecule has 0 bridgehead atoms. The molecule has 0 fully saturated rings. The Kier molecular flexibility index (Phi) is 6.88. The van der Waals surface area contributed by atoms with Crippen molar-refractivity contribution in [1.82, 2.24) is 5.32 Å². The van der Waals surface area contributed by atoms with Crippen molar-refractivity contribution >= 4 is 17.7 Å². The number of nitriles is 1. The molecule has 3 aromatic rings. The first-order valence-corrected chi connectivity index (χ1v) is 9.40. The molecule has 0 unspecified atom stereocenters. The number of nitrogens with zero attached hydrogens (tertiary/aromatic N) is 2. The second-order valence-corrected chi connectivity index (χ2v) is 6.54. The van der Waals surface area contributed by atoms with Crippen LogP contribution in [0.5, 0.6) is 11.5 Å². The number of carbonyl (C=O) groups excluding carboxylic acids is 1. The van der Waals surface area contributed by atoms with E-state index in [1.165, 1.54) is 31.4 Å². The second kappa shape index (κ2) is 9.95. The SMILES string of the molecule is COc1ccc(CNC(=O)/C(C#N)=C\c2ccc(-c3cc([N+](=O)[O-])ccc3OC)o2)cc1. The van der Waals surface area contributed by atoms with Crippen LogP contribution in [0, 0.1) is 21.4 Å². The summed E-state index contributed by atoms with van der Waals surface area (Å²) in [6, 6.07) is 16.3. The van der Waals surface area contributed by atoms with Gasteiger partial charge in [-0.25, -0.2) is 0 Å². The number of benzene rings is 2. The molecular formula is C23H19N3O6.